The number of fused-ring (bicyclic) bond motifs is 1. The van der Waals surface area contributed by atoms with Gasteiger partial charge in [0.25, 0.3) is 11.6 Å². The van der Waals surface area contributed by atoms with Gasteiger partial charge in [0.1, 0.15) is 17.7 Å². The molecule has 5 rings (SSSR count). The van der Waals surface area contributed by atoms with Crippen molar-refractivity contribution in [3.05, 3.63) is 82.4 Å². The predicted octanol–water partition coefficient (Wildman–Crippen LogP) is 4.06. The second kappa shape index (κ2) is 10.0. The summed E-state index contributed by atoms with van der Waals surface area (Å²) in [5.74, 6) is -1.15. The summed E-state index contributed by atoms with van der Waals surface area (Å²) in [6.07, 6.45) is -1.19. The third-order valence-corrected chi connectivity index (χ3v) is 6.58. The van der Waals surface area contributed by atoms with Crippen LogP contribution in [0.5, 0.6) is 17.2 Å². The summed E-state index contributed by atoms with van der Waals surface area (Å²) in [5.41, 5.74) is 0.744. The fourth-order valence-corrected chi connectivity index (χ4v) is 4.92. The number of anilines is 2. The van der Waals surface area contributed by atoms with Crippen molar-refractivity contribution in [3.63, 3.8) is 0 Å². The number of rotatable bonds is 8. The van der Waals surface area contributed by atoms with Crippen LogP contribution in [0.25, 0.3) is 0 Å². The minimum absolute atomic E-state index is 0.152. The first kappa shape index (κ1) is 25.0. The van der Waals surface area contributed by atoms with E-state index in [2.05, 4.69) is 0 Å². The van der Waals surface area contributed by atoms with E-state index in [1.807, 2.05) is 6.92 Å². The molecule has 0 aromatic heterocycles. The smallest absolute Gasteiger partial charge is 0.278 e. The predicted molar refractivity (Wildman–Crippen MR) is 136 cm³/mol. The number of nitro benzene ring substituents is 1. The average Bonchev–Trinajstić information content (AvgIpc) is 3.44. The van der Waals surface area contributed by atoms with E-state index in [-0.39, 0.29) is 22.7 Å². The van der Waals surface area contributed by atoms with Gasteiger partial charge in [0.15, 0.2) is 17.6 Å². The Kier molecular flexibility index (Phi) is 6.60. The Bertz CT molecular complexity index is 1380. The first-order valence-corrected chi connectivity index (χ1v) is 11.9. The quantitative estimate of drug-likeness (QED) is 0.246. The number of methoxy groups -OCH3 is 2. The summed E-state index contributed by atoms with van der Waals surface area (Å²) in [4.78, 5) is 46.2. The van der Waals surface area contributed by atoms with Crippen LogP contribution < -0.4 is 24.2 Å². The van der Waals surface area contributed by atoms with Crippen LogP contribution in [0.3, 0.4) is 0 Å². The Morgan fingerprint density at radius 2 is 1.58 bits per heavy atom. The van der Waals surface area contributed by atoms with Crippen LogP contribution in [0.4, 0.5) is 17.1 Å². The molecule has 0 bridgehead atoms. The van der Waals surface area contributed by atoms with Crippen molar-refractivity contribution in [2.75, 3.05) is 30.8 Å². The molecule has 11 heteroatoms. The van der Waals surface area contributed by atoms with Crippen molar-refractivity contribution < 1.29 is 33.6 Å². The Hall–Kier alpha value is -4.64. The standard InChI is InChI=1S/C27H25N3O8/c1-4-37-18-12-10-16(11-13-18)28-26(31)23-24(19-14-21(35-2)22(36-3)15-20(19)30(33)34)29(38-25(23)27(28)32)17-8-6-5-7-9-17/h5-15,23-25H,4H2,1-3H3/t23-,24-,25-/m0/s1. The molecule has 0 unspecified atom stereocenters. The number of imide groups is 1. The molecule has 38 heavy (non-hydrogen) atoms. The number of amides is 2. The van der Waals surface area contributed by atoms with Crippen LogP contribution in [0, 0.1) is 16.0 Å². The maximum absolute atomic E-state index is 13.9. The zero-order chi connectivity index (χ0) is 27.0. The van der Waals surface area contributed by atoms with Gasteiger partial charge in [-0.15, -0.1) is 0 Å². The second-order valence-corrected chi connectivity index (χ2v) is 8.62. The average molecular weight is 520 g/mol. The number of hydrogen-bond donors (Lipinski definition) is 0. The third kappa shape index (κ3) is 4.06. The third-order valence-electron chi connectivity index (χ3n) is 6.58. The van der Waals surface area contributed by atoms with Gasteiger partial charge >= 0.3 is 0 Å². The topological polar surface area (TPSA) is 121 Å². The molecule has 11 nitrogen and oxygen atoms in total. The number of nitrogens with zero attached hydrogens (tertiary/aromatic N) is 3. The van der Waals surface area contributed by atoms with Gasteiger partial charge < -0.3 is 14.2 Å². The highest BCUT2D eigenvalue weighted by molar-refractivity contribution is 6.24. The molecule has 2 saturated heterocycles. The lowest BCUT2D eigenvalue weighted by Gasteiger charge is -2.29. The highest BCUT2D eigenvalue weighted by atomic mass is 16.7. The molecular weight excluding hydrogens is 494 g/mol. The monoisotopic (exact) mass is 519 g/mol. The minimum Gasteiger partial charge on any atom is -0.494 e. The summed E-state index contributed by atoms with van der Waals surface area (Å²) >= 11 is 0. The maximum atomic E-state index is 13.9. The van der Waals surface area contributed by atoms with E-state index in [1.54, 1.807) is 54.6 Å². The number of carbonyl (C=O) groups excluding carboxylic acids is 2. The Labute approximate surface area is 218 Å². The van der Waals surface area contributed by atoms with Crippen LogP contribution in [0.1, 0.15) is 18.5 Å². The van der Waals surface area contributed by atoms with Gasteiger partial charge in [-0.25, -0.2) is 9.96 Å². The fraction of sp³-hybridized carbons (Fsp3) is 0.259. The van der Waals surface area contributed by atoms with Crippen molar-refractivity contribution >= 4 is 28.9 Å². The van der Waals surface area contributed by atoms with Gasteiger partial charge in [-0.1, -0.05) is 18.2 Å². The van der Waals surface area contributed by atoms with E-state index in [9.17, 15) is 19.7 Å². The number of hydrogen-bond acceptors (Lipinski definition) is 9. The summed E-state index contributed by atoms with van der Waals surface area (Å²) in [6.45, 7) is 2.33. The lowest BCUT2D eigenvalue weighted by atomic mass is 9.89. The molecule has 2 aliphatic heterocycles. The van der Waals surface area contributed by atoms with E-state index in [4.69, 9.17) is 19.0 Å². The van der Waals surface area contributed by atoms with Crippen LogP contribution >= 0.6 is 0 Å². The van der Waals surface area contributed by atoms with Crippen molar-refractivity contribution in [3.8, 4) is 17.2 Å². The molecule has 0 radical (unpaired) electrons. The molecule has 2 heterocycles. The molecule has 0 N–H and O–H groups in total. The maximum Gasteiger partial charge on any atom is 0.278 e. The van der Waals surface area contributed by atoms with Crippen molar-refractivity contribution in [1.29, 1.82) is 0 Å². The summed E-state index contributed by atoms with van der Waals surface area (Å²) in [5, 5.41) is 13.6. The van der Waals surface area contributed by atoms with Crippen molar-refractivity contribution in [2.24, 2.45) is 5.92 Å². The van der Waals surface area contributed by atoms with E-state index in [0.717, 1.165) is 4.90 Å². The zero-order valence-electron chi connectivity index (χ0n) is 20.9. The Morgan fingerprint density at radius 3 is 2.18 bits per heavy atom. The number of benzene rings is 3. The molecule has 0 saturated carbocycles. The highest BCUT2D eigenvalue weighted by Gasteiger charge is 2.61. The van der Waals surface area contributed by atoms with Gasteiger partial charge in [-0.3, -0.25) is 24.5 Å². The van der Waals surface area contributed by atoms with Gasteiger partial charge in [0, 0.05) is 0 Å². The first-order chi connectivity index (χ1) is 18.4. The number of hydroxylamine groups is 1. The Morgan fingerprint density at radius 1 is 0.921 bits per heavy atom. The lowest BCUT2D eigenvalue weighted by molar-refractivity contribution is -0.385. The molecule has 3 atom stereocenters. The van der Waals surface area contributed by atoms with Gasteiger partial charge in [0.05, 0.1) is 48.8 Å². The summed E-state index contributed by atoms with van der Waals surface area (Å²) in [6, 6.07) is 17.1. The number of nitro groups is 1. The van der Waals surface area contributed by atoms with E-state index in [1.165, 1.54) is 31.4 Å². The summed E-state index contributed by atoms with van der Waals surface area (Å²) in [7, 11) is 2.79. The fourth-order valence-electron chi connectivity index (χ4n) is 4.92. The lowest BCUT2D eigenvalue weighted by Crippen LogP contribution is -2.37. The largest absolute Gasteiger partial charge is 0.494 e. The van der Waals surface area contributed by atoms with Crippen LogP contribution in [0.2, 0.25) is 0 Å². The van der Waals surface area contributed by atoms with Gasteiger partial charge in [-0.05, 0) is 49.4 Å². The minimum atomic E-state index is -1.19. The normalized spacial score (nSPS) is 20.4. The molecular formula is C27H25N3O8. The van der Waals surface area contributed by atoms with Crippen LogP contribution in [0.15, 0.2) is 66.7 Å². The summed E-state index contributed by atoms with van der Waals surface area (Å²) < 4.78 is 16.1. The SMILES string of the molecule is CCOc1ccc(N2C(=O)[C@@H]3[C@H](ON(c4ccccc4)[C@H]3c3cc(OC)c(OC)cc3[N+](=O)[O-])C2=O)cc1. The zero-order valence-corrected chi connectivity index (χ0v) is 20.9. The molecule has 3 aromatic rings. The molecule has 196 valence electrons. The van der Waals surface area contributed by atoms with Crippen molar-refractivity contribution in [2.45, 2.75) is 19.1 Å². The Balaban J connectivity index is 1.63. The highest BCUT2D eigenvalue weighted by Crippen LogP contribution is 2.51. The van der Waals surface area contributed by atoms with Gasteiger partial charge in [0.2, 0.25) is 5.91 Å². The molecule has 2 fully saturated rings. The van der Waals surface area contributed by atoms with Crippen LogP contribution in [-0.2, 0) is 14.4 Å². The molecule has 2 amide bonds. The van der Waals surface area contributed by atoms with Crippen LogP contribution in [-0.4, -0.2) is 43.7 Å². The van der Waals surface area contributed by atoms with E-state index >= 15 is 0 Å². The second-order valence-electron chi connectivity index (χ2n) is 8.62. The van der Waals surface area contributed by atoms with E-state index in [0.29, 0.717) is 23.7 Å². The molecule has 0 aliphatic carbocycles. The van der Waals surface area contributed by atoms with Gasteiger partial charge in [-0.2, -0.15) is 0 Å². The number of carbonyl (C=O) groups is 2. The molecule has 2 aliphatic rings. The number of para-hydroxylation sites is 1. The number of ether oxygens (including phenoxy) is 3. The van der Waals surface area contributed by atoms with Crippen molar-refractivity contribution in [1.82, 2.24) is 0 Å². The van der Waals surface area contributed by atoms with E-state index < -0.39 is 34.8 Å². The first-order valence-electron chi connectivity index (χ1n) is 11.9. The molecule has 3 aromatic carbocycles. The molecule has 0 spiro atoms.